The summed E-state index contributed by atoms with van der Waals surface area (Å²) in [6, 6.07) is 7.56. The minimum atomic E-state index is -0.684. The number of carbonyl (C=O) groups is 1. The zero-order chi connectivity index (χ0) is 22.5. The molecule has 1 aromatic carbocycles. The van der Waals surface area contributed by atoms with Crippen molar-refractivity contribution < 1.29 is 9.21 Å². The molecule has 0 spiro atoms. The molecule has 1 aliphatic rings. The molecule has 0 bridgehead atoms. The van der Waals surface area contributed by atoms with E-state index in [1.807, 2.05) is 35.8 Å². The molecule has 0 unspecified atom stereocenters. The molecule has 2 aromatic heterocycles. The predicted octanol–water partition coefficient (Wildman–Crippen LogP) is 3.72. The lowest BCUT2D eigenvalue weighted by Crippen LogP contribution is -2.32. The number of rotatable bonds is 8. The van der Waals surface area contributed by atoms with Crippen molar-refractivity contribution in [1.29, 1.82) is 0 Å². The molecule has 1 N–H and O–H groups in total. The fourth-order valence-electron chi connectivity index (χ4n) is 3.79. The van der Waals surface area contributed by atoms with Gasteiger partial charge in [-0.25, -0.2) is 9.78 Å². The number of aromatic nitrogens is 4. The minimum Gasteiger partial charge on any atom is -0.386 e. The molecule has 9 heteroatoms. The summed E-state index contributed by atoms with van der Waals surface area (Å²) in [5.41, 5.74) is 3.73. The summed E-state index contributed by atoms with van der Waals surface area (Å²) < 4.78 is 8.24. The van der Waals surface area contributed by atoms with Crippen molar-refractivity contribution in [3.05, 3.63) is 69.1 Å². The van der Waals surface area contributed by atoms with E-state index in [0.29, 0.717) is 23.8 Å². The Labute approximate surface area is 190 Å². The van der Waals surface area contributed by atoms with Gasteiger partial charge >= 0.3 is 5.76 Å². The molecule has 0 fully saturated rings. The van der Waals surface area contributed by atoms with Crippen LogP contribution in [0.15, 0.2) is 51.5 Å². The molecule has 8 nitrogen and oxygen atoms in total. The smallest absolute Gasteiger partial charge is 0.386 e. The summed E-state index contributed by atoms with van der Waals surface area (Å²) in [7, 11) is 0. The Kier molecular flexibility index (Phi) is 6.90. The van der Waals surface area contributed by atoms with Crippen molar-refractivity contribution >= 4 is 17.5 Å². The van der Waals surface area contributed by atoms with Crippen LogP contribution in [-0.4, -0.2) is 31.8 Å². The van der Waals surface area contributed by atoms with Crippen molar-refractivity contribution in [2.45, 2.75) is 52.1 Å². The first-order valence-electron chi connectivity index (χ1n) is 10.8. The van der Waals surface area contributed by atoms with Gasteiger partial charge in [-0.15, -0.1) is 5.10 Å². The second-order valence-electron chi connectivity index (χ2n) is 7.97. The Morgan fingerprint density at radius 3 is 2.81 bits per heavy atom. The molecule has 0 saturated carbocycles. The first-order valence-corrected chi connectivity index (χ1v) is 11.2. The van der Waals surface area contributed by atoms with Crippen LogP contribution in [0.4, 0.5) is 0 Å². The molecule has 0 radical (unpaired) electrons. The van der Waals surface area contributed by atoms with Gasteiger partial charge in [0.15, 0.2) is 0 Å². The Bertz CT molecular complexity index is 1170. The number of nitrogens with one attached hydrogen (secondary N) is 1. The standard InChI is InChI=1S/C23H26ClN5O3/c1-16-21(26-15-28(16)13-18-7-9-19(24)10-8-18)22-27-29(23(31)32-22)14-20(30)25-12-11-17-5-3-2-4-6-17/h5,7-10,15H,2-4,6,11-14H2,1H3,(H,25,30). The highest BCUT2D eigenvalue weighted by Gasteiger charge is 2.18. The first kappa shape index (κ1) is 22.1. The number of imidazole rings is 1. The monoisotopic (exact) mass is 455 g/mol. The molecule has 1 amide bonds. The van der Waals surface area contributed by atoms with Gasteiger partial charge in [0.2, 0.25) is 5.91 Å². The third-order valence-corrected chi connectivity index (χ3v) is 5.87. The van der Waals surface area contributed by atoms with Crippen molar-refractivity contribution in [2.24, 2.45) is 0 Å². The lowest BCUT2D eigenvalue weighted by atomic mass is 9.97. The van der Waals surface area contributed by atoms with E-state index in [2.05, 4.69) is 21.5 Å². The Balaban J connectivity index is 1.38. The summed E-state index contributed by atoms with van der Waals surface area (Å²) in [5, 5.41) is 7.71. The van der Waals surface area contributed by atoms with E-state index in [9.17, 15) is 9.59 Å². The molecule has 4 rings (SSSR count). The van der Waals surface area contributed by atoms with E-state index < -0.39 is 5.76 Å². The Morgan fingerprint density at radius 1 is 1.25 bits per heavy atom. The number of carbonyl (C=O) groups excluding carboxylic acids is 1. The van der Waals surface area contributed by atoms with Crippen LogP contribution in [0.3, 0.4) is 0 Å². The van der Waals surface area contributed by atoms with Crippen LogP contribution in [0, 0.1) is 6.92 Å². The maximum absolute atomic E-state index is 12.2. The zero-order valence-electron chi connectivity index (χ0n) is 18.0. The average molecular weight is 456 g/mol. The number of allylic oxidation sites excluding steroid dienone is 1. The third-order valence-electron chi connectivity index (χ3n) is 5.62. The number of halogens is 1. The number of hydrogen-bond acceptors (Lipinski definition) is 5. The Hall–Kier alpha value is -3.13. The fraction of sp³-hybridized carbons (Fsp3) is 0.391. The quantitative estimate of drug-likeness (QED) is 0.522. The fourth-order valence-corrected chi connectivity index (χ4v) is 3.91. The van der Waals surface area contributed by atoms with Crippen LogP contribution in [0.2, 0.25) is 5.02 Å². The van der Waals surface area contributed by atoms with E-state index in [4.69, 9.17) is 16.0 Å². The van der Waals surface area contributed by atoms with Crippen LogP contribution in [0.25, 0.3) is 11.6 Å². The van der Waals surface area contributed by atoms with Crippen LogP contribution in [0.1, 0.15) is 43.4 Å². The normalized spacial score (nSPS) is 13.8. The summed E-state index contributed by atoms with van der Waals surface area (Å²) in [4.78, 5) is 28.8. The average Bonchev–Trinajstić information content (AvgIpc) is 3.32. The van der Waals surface area contributed by atoms with Gasteiger partial charge < -0.3 is 14.3 Å². The molecule has 3 aromatic rings. The molecule has 32 heavy (non-hydrogen) atoms. The summed E-state index contributed by atoms with van der Waals surface area (Å²) in [6.07, 6.45) is 9.46. The van der Waals surface area contributed by atoms with Crippen LogP contribution in [-0.2, 0) is 17.9 Å². The Morgan fingerprint density at radius 2 is 2.06 bits per heavy atom. The number of hydrogen-bond donors (Lipinski definition) is 1. The van der Waals surface area contributed by atoms with Crippen LogP contribution < -0.4 is 11.1 Å². The van der Waals surface area contributed by atoms with Gasteiger partial charge in [0.1, 0.15) is 12.2 Å². The zero-order valence-corrected chi connectivity index (χ0v) is 18.8. The largest absolute Gasteiger partial charge is 0.437 e. The summed E-state index contributed by atoms with van der Waals surface area (Å²) >= 11 is 5.94. The molecule has 1 aliphatic carbocycles. The highest BCUT2D eigenvalue weighted by Crippen LogP contribution is 2.21. The molecule has 0 atom stereocenters. The predicted molar refractivity (Wildman–Crippen MR) is 121 cm³/mol. The van der Waals surface area contributed by atoms with Gasteiger partial charge in [-0.1, -0.05) is 35.4 Å². The van der Waals surface area contributed by atoms with Gasteiger partial charge in [-0.05, 0) is 56.7 Å². The lowest BCUT2D eigenvalue weighted by molar-refractivity contribution is -0.121. The van der Waals surface area contributed by atoms with Crippen LogP contribution >= 0.6 is 11.6 Å². The first-order chi connectivity index (χ1) is 15.5. The SMILES string of the molecule is Cc1c(-c2nn(CC(=O)NCCC3=CCCCC3)c(=O)o2)ncn1Cc1ccc(Cl)cc1. The van der Waals surface area contributed by atoms with Gasteiger partial charge in [-0.2, -0.15) is 4.68 Å². The number of amides is 1. The second kappa shape index (κ2) is 9.99. The second-order valence-corrected chi connectivity index (χ2v) is 8.41. The van der Waals surface area contributed by atoms with Gasteiger partial charge in [0.05, 0.1) is 6.33 Å². The van der Waals surface area contributed by atoms with Gasteiger partial charge in [0, 0.05) is 23.8 Å². The van der Waals surface area contributed by atoms with Crippen molar-refractivity contribution in [3.8, 4) is 11.6 Å². The third kappa shape index (κ3) is 5.37. The molecular formula is C23H26ClN5O3. The van der Waals surface area contributed by atoms with Gasteiger partial charge in [-0.3, -0.25) is 4.79 Å². The van der Waals surface area contributed by atoms with E-state index >= 15 is 0 Å². The molecule has 0 saturated heterocycles. The van der Waals surface area contributed by atoms with E-state index in [1.165, 1.54) is 18.4 Å². The van der Waals surface area contributed by atoms with Crippen molar-refractivity contribution in [3.63, 3.8) is 0 Å². The van der Waals surface area contributed by atoms with Gasteiger partial charge in [0.25, 0.3) is 5.89 Å². The molecule has 2 heterocycles. The number of nitrogens with zero attached hydrogens (tertiary/aromatic N) is 4. The van der Waals surface area contributed by atoms with E-state index in [-0.39, 0.29) is 18.3 Å². The van der Waals surface area contributed by atoms with E-state index in [1.54, 1.807) is 6.33 Å². The maximum atomic E-state index is 12.2. The highest BCUT2D eigenvalue weighted by atomic mass is 35.5. The van der Waals surface area contributed by atoms with E-state index in [0.717, 1.165) is 35.2 Å². The van der Waals surface area contributed by atoms with Crippen molar-refractivity contribution in [1.82, 2.24) is 24.6 Å². The molecule has 168 valence electrons. The maximum Gasteiger partial charge on any atom is 0.437 e. The highest BCUT2D eigenvalue weighted by molar-refractivity contribution is 6.30. The molecular weight excluding hydrogens is 430 g/mol. The minimum absolute atomic E-state index is 0.0996. The summed E-state index contributed by atoms with van der Waals surface area (Å²) in [5.74, 6) is -0.854. The van der Waals surface area contributed by atoms with Crippen molar-refractivity contribution in [2.75, 3.05) is 6.54 Å². The molecule has 0 aliphatic heterocycles. The number of benzene rings is 1. The summed E-state index contributed by atoms with van der Waals surface area (Å²) in [6.45, 7) is 2.84. The lowest BCUT2D eigenvalue weighted by Gasteiger charge is -2.12. The van der Waals surface area contributed by atoms with Crippen LogP contribution in [0.5, 0.6) is 0 Å². The topological polar surface area (TPSA) is 94.9 Å².